The molecule has 1 aromatic heterocycles. The highest BCUT2D eigenvalue weighted by molar-refractivity contribution is 5.91. The lowest BCUT2D eigenvalue weighted by Crippen LogP contribution is -2.42. The molecule has 0 radical (unpaired) electrons. The average Bonchev–Trinajstić information content (AvgIpc) is 2.65. The molecule has 100 valence electrons. The Hall–Kier alpha value is -2.25. The van der Waals surface area contributed by atoms with Crippen molar-refractivity contribution in [2.45, 2.75) is 19.4 Å². The summed E-state index contributed by atoms with van der Waals surface area (Å²) in [6.07, 6.45) is 0.300. The first kappa shape index (κ1) is 13.8. The second-order valence-electron chi connectivity index (χ2n) is 3.59. The Morgan fingerprint density at radius 2 is 2.28 bits per heavy atom. The molecule has 0 aromatic carbocycles. The van der Waals surface area contributed by atoms with E-state index in [0.29, 0.717) is 12.3 Å². The standard InChI is InChI=1S/C10H16N4O4/c1-4-6(9(15)16)11-10(17)12-7-5-8(18-3)14(2)13-7/h5-6H,4H2,1-3H3,(H,15,16)(H2,11,12,13,17). The number of carbonyl (C=O) groups is 2. The Bertz CT molecular complexity index is 443. The minimum Gasteiger partial charge on any atom is -0.481 e. The molecule has 1 aromatic rings. The van der Waals surface area contributed by atoms with Crippen LogP contribution in [0, 0.1) is 0 Å². The monoisotopic (exact) mass is 256 g/mol. The maximum atomic E-state index is 11.5. The predicted octanol–water partition coefficient (Wildman–Crippen LogP) is 0.413. The van der Waals surface area contributed by atoms with Crippen LogP contribution in [0.15, 0.2) is 6.07 Å². The zero-order chi connectivity index (χ0) is 13.7. The number of carboxylic acids is 1. The van der Waals surface area contributed by atoms with E-state index in [2.05, 4.69) is 15.7 Å². The Morgan fingerprint density at radius 3 is 2.72 bits per heavy atom. The van der Waals surface area contributed by atoms with Gasteiger partial charge in [0, 0.05) is 13.1 Å². The lowest BCUT2D eigenvalue weighted by atomic mass is 10.2. The number of carbonyl (C=O) groups excluding carboxylic acids is 1. The number of aryl methyl sites for hydroxylation is 1. The molecule has 0 aliphatic rings. The summed E-state index contributed by atoms with van der Waals surface area (Å²) in [5.74, 6) is -0.311. The summed E-state index contributed by atoms with van der Waals surface area (Å²) >= 11 is 0. The minimum atomic E-state index is -1.08. The van der Waals surface area contributed by atoms with Crippen LogP contribution in [0.5, 0.6) is 5.88 Å². The molecule has 0 fully saturated rings. The van der Waals surface area contributed by atoms with Crippen LogP contribution in [0.3, 0.4) is 0 Å². The summed E-state index contributed by atoms with van der Waals surface area (Å²) in [5.41, 5.74) is 0. The van der Waals surface area contributed by atoms with Crippen molar-refractivity contribution in [1.29, 1.82) is 0 Å². The van der Waals surface area contributed by atoms with E-state index in [-0.39, 0.29) is 5.82 Å². The maximum Gasteiger partial charge on any atom is 0.326 e. The second-order valence-corrected chi connectivity index (χ2v) is 3.59. The number of hydrogen-bond donors (Lipinski definition) is 3. The first-order valence-corrected chi connectivity index (χ1v) is 5.36. The number of anilines is 1. The van der Waals surface area contributed by atoms with Crippen LogP contribution in [0.2, 0.25) is 0 Å². The first-order valence-electron chi connectivity index (χ1n) is 5.36. The van der Waals surface area contributed by atoms with Crippen molar-refractivity contribution < 1.29 is 19.4 Å². The van der Waals surface area contributed by atoms with Crippen molar-refractivity contribution >= 4 is 17.8 Å². The molecule has 1 heterocycles. The van der Waals surface area contributed by atoms with Gasteiger partial charge in [-0.15, -0.1) is 0 Å². The summed E-state index contributed by atoms with van der Waals surface area (Å²) in [7, 11) is 3.15. The number of nitrogens with one attached hydrogen (secondary N) is 2. The van der Waals surface area contributed by atoms with E-state index in [1.54, 1.807) is 14.0 Å². The van der Waals surface area contributed by atoms with Gasteiger partial charge in [-0.05, 0) is 6.42 Å². The van der Waals surface area contributed by atoms with E-state index in [4.69, 9.17) is 9.84 Å². The average molecular weight is 256 g/mol. The summed E-state index contributed by atoms with van der Waals surface area (Å²) in [4.78, 5) is 22.3. The molecule has 18 heavy (non-hydrogen) atoms. The lowest BCUT2D eigenvalue weighted by molar-refractivity contribution is -0.139. The number of aliphatic carboxylic acids is 1. The molecule has 0 saturated heterocycles. The van der Waals surface area contributed by atoms with Crippen molar-refractivity contribution in [3.63, 3.8) is 0 Å². The van der Waals surface area contributed by atoms with Crippen LogP contribution in [0.25, 0.3) is 0 Å². The van der Waals surface area contributed by atoms with Crippen LogP contribution in [0.1, 0.15) is 13.3 Å². The van der Waals surface area contributed by atoms with Crippen molar-refractivity contribution in [3.05, 3.63) is 6.07 Å². The van der Waals surface area contributed by atoms with Gasteiger partial charge in [0.2, 0.25) is 5.88 Å². The number of urea groups is 1. The largest absolute Gasteiger partial charge is 0.481 e. The summed E-state index contributed by atoms with van der Waals surface area (Å²) in [5, 5.41) is 17.5. The van der Waals surface area contributed by atoms with Crippen molar-refractivity contribution in [2.24, 2.45) is 7.05 Å². The fourth-order valence-electron chi connectivity index (χ4n) is 1.35. The molecule has 1 atom stereocenters. The highest BCUT2D eigenvalue weighted by Gasteiger charge is 2.18. The van der Waals surface area contributed by atoms with Crippen molar-refractivity contribution in [1.82, 2.24) is 15.1 Å². The van der Waals surface area contributed by atoms with Gasteiger partial charge in [0.15, 0.2) is 5.82 Å². The molecular formula is C10H16N4O4. The van der Waals surface area contributed by atoms with Crippen molar-refractivity contribution in [3.8, 4) is 5.88 Å². The number of rotatable bonds is 5. The smallest absolute Gasteiger partial charge is 0.326 e. The van der Waals surface area contributed by atoms with Crippen molar-refractivity contribution in [2.75, 3.05) is 12.4 Å². The zero-order valence-corrected chi connectivity index (χ0v) is 10.4. The normalized spacial score (nSPS) is 11.7. The van der Waals surface area contributed by atoms with Crippen LogP contribution in [-0.4, -0.2) is 40.0 Å². The van der Waals surface area contributed by atoms with Crippen LogP contribution >= 0.6 is 0 Å². The number of aromatic nitrogens is 2. The Labute approximate surface area is 104 Å². The summed E-state index contributed by atoms with van der Waals surface area (Å²) < 4.78 is 6.43. The number of ether oxygens (including phenoxy) is 1. The quantitative estimate of drug-likeness (QED) is 0.707. The summed E-state index contributed by atoms with van der Waals surface area (Å²) in [6, 6.07) is -0.0120. The van der Waals surface area contributed by atoms with E-state index < -0.39 is 18.0 Å². The third kappa shape index (κ3) is 3.37. The Kier molecular flexibility index (Phi) is 4.52. The molecule has 8 nitrogen and oxygen atoms in total. The zero-order valence-electron chi connectivity index (χ0n) is 10.4. The van der Waals surface area contributed by atoms with Crippen LogP contribution in [0.4, 0.5) is 10.6 Å². The molecule has 0 bridgehead atoms. The van der Waals surface area contributed by atoms with E-state index in [1.165, 1.54) is 17.9 Å². The van der Waals surface area contributed by atoms with Crippen LogP contribution in [-0.2, 0) is 11.8 Å². The van der Waals surface area contributed by atoms with E-state index in [0.717, 1.165) is 0 Å². The highest BCUT2D eigenvalue weighted by Crippen LogP contribution is 2.14. The SMILES string of the molecule is CCC(NC(=O)Nc1cc(OC)n(C)n1)C(=O)O. The number of methoxy groups -OCH3 is 1. The highest BCUT2D eigenvalue weighted by atomic mass is 16.5. The molecule has 0 spiro atoms. The second kappa shape index (κ2) is 5.89. The molecule has 0 aliphatic heterocycles. The number of amides is 2. The van der Waals surface area contributed by atoms with E-state index in [9.17, 15) is 9.59 Å². The molecule has 0 aliphatic carbocycles. The lowest BCUT2D eigenvalue weighted by Gasteiger charge is -2.11. The molecule has 8 heteroatoms. The molecule has 0 saturated carbocycles. The van der Waals surface area contributed by atoms with Gasteiger partial charge >= 0.3 is 12.0 Å². The van der Waals surface area contributed by atoms with Gasteiger partial charge in [0.25, 0.3) is 0 Å². The van der Waals surface area contributed by atoms with Gasteiger partial charge in [-0.25, -0.2) is 14.3 Å². The molecule has 1 unspecified atom stereocenters. The fourth-order valence-corrected chi connectivity index (χ4v) is 1.35. The van der Waals surface area contributed by atoms with Gasteiger partial charge in [-0.1, -0.05) is 6.92 Å². The fraction of sp³-hybridized carbons (Fsp3) is 0.500. The van der Waals surface area contributed by atoms with Gasteiger partial charge in [-0.2, -0.15) is 5.10 Å². The molecule has 2 amide bonds. The number of hydrogen-bond acceptors (Lipinski definition) is 4. The third-order valence-corrected chi connectivity index (χ3v) is 2.30. The molecule has 1 rings (SSSR count). The van der Waals surface area contributed by atoms with Gasteiger partial charge in [-0.3, -0.25) is 5.32 Å². The van der Waals surface area contributed by atoms with Gasteiger partial charge < -0.3 is 15.2 Å². The van der Waals surface area contributed by atoms with E-state index in [1.807, 2.05) is 0 Å². The maximum absolute atomic E-state index is 11.5. The van der Waals surface area contributed by atoms with Gasteiger partial charge in [0.1, 0.15) is 6.04 Å². The molecule has 3 N–H and O–H groups in total. The third-order valence-electron chi connectivity index (χ3n) is 2.30. The minimum absolute atomic E-state index is 0.284. The number of carboxylic acid groups (broad SMARTS) is 1. The molecular weight excluding hydrogens is 240 g/mol. The number of nitrogens with zero attached hydrogens (tertiary/aromatic N) is 2. The van der Waals surface area contributed by atoms with Crippen LogP contribution < -0.4 is 15.4 Å². The predicted molar refractivity (Wildman–Crippen MR) is 63.6 cm³/mol. The summed E-state index contributed by atoms with van der Waals surface area (Å²) in [6.45, 7) is 1.67. The first-order chi connectivity index (χ1) is 8.47. The van der Waals surface area contributed by atoms with Gasteiger partial charge in [0.05, 0.1) is 7.11 Å². The Balaban J connectivity index is 2.61. The topological polar surface area (TPSA) is 105 Å². The van der Waals surface area contributed by atoms with E-state index >= 15 is 0 Å². The Morgan fingerprint density at radius 1 is 1.61 bits per heavy atom.